The van der Waals surface area contributed by atoms with Gasteiger partial charge in [0.15, 0.2) is 0 Å². The summed E-state index contributed by atoms with van der Waals surface area (Å²) in [5.74, 6) is 0.0324. The molecule has 0 fully saturated rings. The van der Waals surface area contributed by atoms with Crippen molar-refractivity contribution in [2.45, 2.75) is 26.4 Å². The Morgan fingerprint density at radius 3 is 2.10 bits per heavy atom. The Balaban J connectivity index is 2.98. The Kier molecular flexibility index (Phi) is 1.31. The summed E-state index contributed by atoms with van der Waals surface area (Å²) < 4.78 is 0. The van der Waals surface area contributed by atoms with E-state index in [-0.39, 0.29) is 11.6 Å². The van der Waals surface area contributed by atoms with Crippen LogP contribution in [0.2, 0.25) is 0 Å². The van der Waals surface area contributed by atoms with Crippen LogP contribution >= 0.6 is 0 Å². The molecule has 0 aromatic rings. The van der Waals surface area contributed by atoms with Gasteiger partial charge in [-0.2, -0.15) is 0 Å². The molecule has 1 aliphatic rings. The fourth-order valence-corrected chi connectivity index (χ4v) is 1.02. The normalized spacial score (nSPS) is 23.4. The summed E-state index contributed by atoms with van der Waals surface area (Å²) in [7, 11) is 1.77. The molecular formula is C7H12N2O. The summed E-state index contributed by atoms with van der Waals surface area (Å²) in [6.07, 6.45) is 0. The quantitative estimate of drug-likeness (QED) is 0.486. The highest BCUT2D eigenvalue weighted by Gasteiger charge is 2.34. The molecule has 56 valence electrons. The van der Waals surface area contributed by atoms with Gasteiger partial charge in [-0.05, 0) is 20.8 Å². The summed E-state index contributed by atoms with van der Waals surface area (Å²) in [6, 6.07) is 0. The van der Waals surface area contributed by atoms with Gasteiger partial charge in [0.05, 0.1) is 5.71 Å². The van der Waals surface area contributed by atoms with E-state index in [2.05, 4.69) is 4.99 Å². The summed E-state index contributed by atoms with van der Waals surface area (Å²) in [6.45, 7) is 5.58. The number of hydrogen-bond acceptors (Lipinski definition) is 2. The molecule has 1 heterocycles. The molecule has 0 spiro atoms. The third kappa shape index (κ3) is 0.818. The number of nitrogens with zero attached hydrogens (tertiary/aromatic N) is 2. The van der Waals surface area contributed by atoms with Crippen LogP contribution in [0, 0.1) is 0 Å². The number of carbonyl (C=O) groups is 1. The number of aliphatic imine (C=N–C) groups is 1. The van der Waals surface area contributed by atoms with Gasteiger partial charge in [-0.3, -0.25) is 9.79 Å². The average molecular weight is 140 g/mol. The lowest BCUT2D eigenvalue weighted by Crippen LogP contribution is -2.38. The van der Waals surface area contributed by atoms with Gasteiger partial charge in [-0.1, -0.05) is 0 Å². The lowest BCUT2D eigenvalue weighted by molar-refractivity contribution is -0.125. The molecule has 0 N–H and O–H groups in total. The Bertz CT molecular complexity index is 206. The molecule has 3 nitrogen and oxygen atoms in total. The van der Waals surface area contributed by atoms with Gasteiger partial charge in [0, 0.05) is 7.05 Å². The second-order valence-corrected chi connectivity index (χ2v) is 3.06. The Morgan fingerprint density at radius 1 is 1.50 bits per heavy atom. The standard InChI is InChI=1S/C7H12N2O/c1-5-6(10)9(4)7(2,3)8-5/h1-4H3. The van der Waals surface area contributed by atoms with E-state index in [4.69, 9.17) is 0 Å². The summed E-state index contributed by atoms with van der Waals surface area (Å²) in [4.78, 5) is 16.9. The molecule has 0 radical (unpaired) electrons. The van der Waals surface area contributed by atoms with Crippen molar-refractivity contribution in [3.8, 4) is 0 Å². The van der Waals surface area contributed by atoms with E-state index >= 15 is 0 Å². The highest BCUT2D eigenvalue weighted by atomic mass is 16.2. The molecule has 1 amide bonds. The van der Waals surface area contributed by atoms with E-state index in [0.29, 0.717) is 5.71 Å². The molecule has 0 unspecified atom stereocenters. The maximum absolute atomic E-state index is 11.1. The second kappa shape index (κ2) is 1.81. The Morgan fingerprint density at radius 2 is 2.00 bits per heavy atom. The van der Waals surface area contributed by atoms with Crippen molar-refractivity contribution in [1.82, 2.24) is 4.90 Å². The monoisotopic (exact) mass is 140 g/mol. The van der Waals surface area contributed by atoms with Crippen LogP contribution in [0.5, 0.6) is 0 Å². The molecule has 0 saturated carbocycles. The summed E-state index contributed by atoms with van der Waals surface area (Å²) >= 11 is 0. The maximum Gasteiger partial charge on any atom is 0.269 e. The van der Waals surface area contributed by atoms with Crippen LogP contribution < -0.4 is 0 Å². The predicted molar refractivity (Wildman–Crippen MR) is 40.0 cm³/mol. The zero-order valence-electron chi connectivity index (χ0n) is 6.80. The lowest BCUT2D eigenvalue weighted by Gasteiger charge is -2.24. The number of hydrogen-bond donors (Lipinski definition) is 0. The highest BCUT2D eigenvalue weighted by Crippen LogP contribution is 2.20. The van der Waals surface area contributed by atoms with Crippen LogP contribution in [0.25, 0.3) is 0 Å². The van der Waals surface area contributed by atoms with E-state index in [1.807, 2.05) is 13.8 Å². The van der Waals surface area contributed by atoms with Crippen LogP contribution in [-0.2, 0) is 4.79 Å². The van der Waals surface area contributed by atoms with Crippen molar-refractivity contribution in [2.75, 3.05) is 7.05 Å². The van der Waals surface area contributed by atoms with E-state index < -0.39 is 0 Å². The first-order valence-electron chi connectivity index (χ1n) is 3.30. The molecule has 0 aromatic heterocycles. The first-order chi connectivity index (χ1) is 4.45. The van der Waals surface area contributed by atoms with E-state index in [1.165, 1.54) is 0 Å². The minimum Gasteiger partial charge on any atom is -0.316 e. The van der Waals surface area contributed by atoms with Gasteiger partial charge < -0.3 is 4.90 Å². The SMILES string of the molecule is CC1=NC(C)(C)N(C)C1=O. The van der Waals surface area contributed by atoms with Crippen LogP contribution in [-0.4, -0.2) is 29.2 Å². The minimum absolute atomic E-state index is 0.0324. The molecule has 1 rings (SSSR count). The van der Waals surface area contributed by atoms with Crippen LogP contribution in [0.15, 0.2) is 4.99 Å². The third-order valence-corrected chi connectivity index (χ3v) is 1.88. The van der Waals surface area contributed by atoms with Gasteiger partial charge in [-0.15, -0.1) is 0 Å². The molecule has 1 aliphatic heterocycles. The number of amides is 1. The van der Waals surface area contributed by atoms with E-state index in [9.17, 15) is 4.79 Å². The van der Waals surface area contributed by atoms with Gasteiger partial charge in [0.2, 0.25) is 0 Å². The fraction of sp³-hybridized carbons (Fsp3) is 0.714. The van der Waals surface area contributed by atoms with Gasteiger partial charge in [0.25, 0.3) is 5.91 Å². The largest absolute Gasteiger partial charge is 0.316 e. The zero-order chi connectivity index (χ0) is 7.94. The number of rotatable bonds is 0. The molecule has 0 atom stereocenters. The smallest absolute Gasteiger partial charge is 0.269 e. The maximum atomic E-state index is 11.1. The summed E-state index contributed by atoms with van der Waals surface area (Å²) in [5.41, 5.74) is 0.272. The second-order valence-electron chi connectivity index (χ2n) is 3.06. The molecule has 10 heavy (non-hydrogen) atoms. The van der Waals surface area contributed by atoms with Crippen LogP contribution in [0.3, 0.4) is 0 Å². The van der Waals surface area contributed by atoms with Crippen LogP contribution in [0.1, 0.15) is 20.8 Å². The van der Waals surface area contributed by atoms with E-state index in [0.717, 1.165) is 0 Å². The van der Waals surface area contributed by atoms with Gasteiger partial charge in [-0.25, -0.2) is 0 Å². The van der Waals surface area contributed by atoms with Crippen molar-refractivity contribution in [3.05, 3.63) is 0 Å². The fourth-order valence-electron chi connectivity index (χ4n) is 1.02. The number of carbonyl (C=O) groups excluding carboxylic acids is 1. The predicted octanol–water partition coefficient (Wildman–Crippen LogP) is 0.655. The Labute approximate surface area is 60.7 Å². The van der Waals surface area contributed by atoms with E-state index in [1.54, 1.807) is 18.9 Å². The molecule has 0 bridgehead atoms. The van der Waals surface area contributed by atoms with Gasteiger partial charge in [0.1, 0.15) is 5.66 Å². The van der Waals surface area contributed by atoms with Crippen molar-refractivity contribution < 1.29 is 4.79 Å². The van der Waals surface area contributed by atoms with Gasteiger partial charge >= 0.3 is 0 Å². The zero-order valence-corrected chi connectivity index (χ0v) is 6.80. The first-order valence-corrected chi connectivity index (χ1v) is 3.30. The van der Waals surface area contributed by atoms with Crippen molar-refractivity contribution in [3.63, 3.8) is 0 Å². The molecular weight excluding hydrogens is 128 g/mol. The molecule has 0 aliphatic carbocycles. The van der Waals surface area contributed by atoms with Crippen molar-refractivity contribution >= 4 is 11.6 Å². The molecule has 0 aromatic carbocycles. The highest BCUT2D eigenvalue weighted by molar-refractivity contribution is 6.39. The first kappa shape index (κ1) is 7.25. The third-order valence-electron chi connectivity index (χ3n) is 1.88. The lowest BCUT2D eigenvalue weighted by atomic mass is 10.2. The van der Waals surface area contributed by atoms with Crippen molar-refractivity contribution in [2.24, 2.45) is 4.99 Å². The van der Waals surface area contributed by atoms with Crippen molar-refractivity contribution in [1.29, 1.82) is 0 Å². The average Bonchev–Trinajstić information content (AvgIpc) is 1.95. The molecule has 3 heteroatoms. The Hall–Kier alpha value is -0.860. The minimum atomic E-state index is -0.332. The molecule has 0 saturated heterocycles. The van der Waals surface area contributed by atoms with Crippen LogP contribution in [0.4, 0.5) is 0 Å². The topological polar surface area (TPSA) is 32.7 Å². The summed E-state index contributed by atoms with van der Waals surface area (Å²) in [5, 5.41) is 0.